The molecule has 0 bridgehead atoms. The Bertz CT molecular complexity index is 649. The predicted octanol–water partition coefficient (Wildman–Crippen LogP) is 5.15. The van der Waals surface area contributed by atoms with Crippen LogP contribution in [0.5, 0.6) is 0 Å². The molecule has 98 valence electrons. The van der Waals surface area contributed by atoms with Gasteiger partial charge in [0.2, 0.25) is 0 Å². The number of hydrogen-bond acceptors (Lipinski definition) is 1. The number of amides is 1. The predicted molar refractivity (Wildman–Crippen MR) is 78.5 cm³/mol. The zero-order valence-electron chi connectivity index (χ0n) is 9.38. The molecule has 0 aliphatic carbocycles. The first-order valence-corrected chi connectivity index (χ1v) is 6.74. The van der Waals surface area contributed by atoms with E-state index in [1.165, 1.54) is 18.2 Å². The highest BCUT2D eigenvalue weighted by Crippen LogP contribution is 2.27. The summed E-state index contributed by atoms with van der Waals surface area (Å²) in [5.74, 6) is -0.953. The first-order valence-electron chi connectivity index (χ1n) is 5.19. The topological polar surface area (TPSA) is 29.1 Å². The van der Waals surface area contributed by atoms with Gasteiger partial charge in [0.25, 0.3) is 5.91 Å². The molecule has 0 saturated carbocycles. The Hall–Kier alpha value is -1.10. The molecule has 1 N–H and O–H groups in total. The molecule has 0 unspecified atom stereocenters. The Morgan fingerprint density at radius 2 is 1.89 bits per heavy atom. The molecule has 0 aliphatic heterocycles. The summed E-state index contributed by atoms with van der Waals surface area (Å²) in [6.45, 7) is 0. The van der Waals surface area contributed by atoms with Crippen LogP contribution in [0.1, 0.15) is 10.4 Å². The second kappa shape index (κ2) is 5.90. The van der Waals surface area contributed by atoms with Gasteiger partial charge in [0.1, 0.15) is 5.82 Å². The SMILES string of the molecule is O=C(Nc1ccc(Cl)cc1Cl)c1cc(F)ccc1Br. The molecule has 0 spiro atoms. The molecular formula is C13H7BrCl2FNO. The lowest BCUT2D eigenvalue weighted by Gasteiger charge is -2.09. The van der Waals surface area contributed by atoms with Crippen molar-refractivity contribution in [2.45, 2.75) is 0 Å². The Kier molecular flexibility index (Phi) is 4.45. The average Bonchev–Trinajstić information content (AvgIpc) is 2.35. The van der Waals surface area contributed by atoms with Gasteiger partial charge in [-0.15, -0.1) is 0 Å². The lowest BCUT2D eigenvalue weighted by molar-refractivity contribution is 0.102. The van der Waals surface area contributed by atoms with Crippen LogP contribution in [0.3, 0.4) is 0 Å². The molecule has 19 heavy (non-hydrogen) atoms. The van der Waals surface area contributed by atoms with E-state index in [-0.39, 0.29) is 5.56 Å². The van der Waals surface area contributed by atoms with Crippen molar-refractivity contribution in [1.82, 2.24) is 0 Å². The largest absolute Gasteiger partial charge is 0.321 e. The second-order valence-electron chi connectivity index (χ2n) is 3.70. The standard InChI is InChI=1S/C13H7BrCl2FNO/c14-10-3-2-8(17)6-9(10)13(19)18-12-4-1-7(15)5-11(12)16/h1-6H,(H,18,19). The van der Waals surface area contributed by atoms with Gasteiger partial charge < -0.3 is 5.32 Å². The van der Waals surface area contributed by atoms with Crippen molar-refractivity contribution in [2.24, 2.45) is 0 Å². The lowest BCUT2D eigenvalue weighted by atomic mass is 10.2. The number of hydrogen-bond donors (Lipinski definition) is 1. The molecule has 0 heterocycles. The Balaban J connectivity index is 2.28. The third kappa shape index (κ3) is 3.47. The minimum absolute atomic E-state index is 0.186. The minimum Gasteiger partial charge on any atom is -0.321 e. The molecule has 1 amide bonds. The molecule has 2 nitrogen and oxygen atoms in total. The van der Waals surface area contributed by atoms with Crippen molar-refractivity contribution in [2.75, 3.05) is 5.32 Å². The highest BCUT2D eigenvalue weighted by molar-refractivity contribution is 9.10. The van der Waals surface area contributed by atoms with E-state index < -0.39 is 11.7 Å². The average molecular weight is 363 g/mol. The zero-order chi connectivity index (χ0) is 14.0. The first-order chi connectivity index (χ1) is 8.97. The van der Waals surface area contributed by atoms with Crippen molar-refractivity contribution in [3.63, 3.8) is 0 Å². The quantitative estimate of drug-likeness (QED) is 0.786. The molecule has 2 aromatic rings. The van der Waals surface area contributed by atoms with Gasteiger partial charge in [0.15, 0.2) is 0 Å². The van der Waals surface area contributed by atoms with Crippen LogP contribution in [0.4, 0.5) is 10.1 Å². The van der Waals surface area contributed by atoms with E-state index in [9.17, 15) is 9.18 Å². The van der Waals surface area contributed by atoms with E-state index in [0.29, 0.717) is 20.2 Å². The van der Waals surface area contributed by atoms with Crippen molar-refractivity contribution in [1.29, 1.82) is 0 Å². The zero-order valence-corrected chi connectivity index (χ0v) is 12.5. The van der Waals surface area contributed by atoms with E-state index >= 15 is 0 Å². The van der Waals surface area contributed by atoms with Crippen LogP contribution in [0.15, 0.2) is 40.9 Å². The maximum absolute atomic E-state index is 13.1. The van der Waals surface area contributed by atoms with Crippen LogP contribution < -0.4 is 5.32 Å². The summed E-state index contributed by atoms with van der Waals surface area (Å²) in [6.07, 6.45) is 0. The number of carbonyl (C=O) groups excluding carboxylic acids is 1. The van der Waals surface area contributed by atoms with Crippen LogP contribution in [0, 0.1) is 5.82 Å². The van der Waals surface area contributed by atoms with Crippen molar-refractivity contribution in [3.8, 4) is 0 Å². The monoisotopic (exact) mass is 361 g/mol. The van der Waals surface area contributed by atoms with Gasteiger partial charge >= 0.3 is 0 Å². The summed E-state index contributed by atoms with van der Waals surface area (Å²) in [5.41, 5.74) is 0.596. The fourth-order valence-electron chi connectivity index (χ4n) is 1.45. The fraction of sp³-hybridized carbons (Fsp3) is 0. The highest BCUT2D eigenvalue weighted by atomic mass is 79.9. The second-order valence-corrected chi connectivity index (χ2v) is 5.40. The van der Waals surface area contributed by atoms with E-state index in [1.54, 1.807) is 12.1 Å². The van der Waals surface area contributed by atoms with E-state index in [1.807, 2.05) is 0 Å². The molecule has 0 aromatic heterocycles. The molecule has 0 saturated heterocycles. The fourth-order valence-corrected chi connectivity index (χ4v) is 2.33. The summed E-state index contributed by atoms with van der Waals surface area (Å²) < 4.78 is 13.6. The number of carbonyl (C=O) groups is 1. The normalized spacial score (nSPS) is 10.3. The molecule has 2 rings (SSSR count). The molecular weight excluding hydrogens is 356 g/mol. The van der Waals surface area contributed by atoms with E-state index in [4.69, 9.17) is 23.2 Å². The van der Waals surface area contributed by atoms with Crippen LogP contribution in [0.25, 0.3) is 0 Å². The maximum Gasteiger partial charge on any atom is 0.256 e. The van der Waals surface area contributed by atoms with Gasteiger partial charge in [0, 0.05) is 9.50 Å². The molecule has 0 atom stereocenters. The molecule has 6 heteroatoms. The summed E-state index contributed by atoms with van der Waals surface area (Å²) >= 11 is 14.9. The van der Waals surface area contributed by atoms with Gasteiger partial charge in [0.05, 0.1) is 16.3 Å². The third-order valence-corrected chi connectivity index (χ3v) is 3.59. The molecule has 0 aliphatic rings. The minimum atomic E-state index is -0.490. The molecule has 0 fully saturated rings. The van der Waals surface area contributed by atoms with Gasteiger partial charge in [-0.25, -0.2) is 4.39 Å². The van der Waals surface area contributed by atoms with Gasteiger partial charge in [-0.1, -0.05) is 23.2 Å². The van der Waals surface area contributed by atoms with Gasteiger partial charge in [-0.2, -0.15) is 0 Å². The lowest BCUT2D eigenvalue weighted by Crippen LogP contribution is -2.13. The van der Waals surface area contributed by atoms with E-state index in [2.05, 4.69) is 21.2 Å². The van der Waals surface area contributed by atoms with Crippen LogP contribution >= 0.6 is 39.1 Å². The summed E-state index contributed by atoms with van der Waals surface area (Å²) in [7, 11) is 0. The van der Waals surface area contributed by atoms with Gasteiger partial charge in [-0.05, 0) is 52.3 Å². The first kappa shape index (κ1) is 14.3. The Morgan fingerprint density at radius 3 is 2.58 bits per heavy atom. The molecule has 0 radical (unpaired) electrons. The van der Waals surface area contributed by atoms with Crippen molar-refractivity contribution in [3.05, 3.63) is 62.3 Å². The van der Waals surface area contributed by atoms with Gasteiger partial charge in [-0.3, -0.25) is 4.79 Å². The summed E-state index contributed by atoms with van der Waals surface area (Å²) in [6, 6.07) is 8.56. The highest BCUT2D eigenvalue weighted by Gasteiger charge is 2.13. The van der Waals surface area contributed by atoms with E-state index in [0.717, 1.165) is 6.07 Å². The molecule has 2 aromatic carbocycles. The van der Waals surface area contributed by atoms with Crippen molar-refractivity contribution < 1.29 is 9.18 Å². The van der Waals surface area contributed by atoms with Crippen LogP contribution in [-0.4, -0.2) is 5.91 Å². The number of anilines is 1. The summed E-state index contributed by atoms with van der Waals surface area (Å²) in [5, 5.41) is 3.38. The number of rotatable bonds is 2. The Morgan fingerprint density at radius 1 is 1.16 bits per heavy atom. The van der Waals surface area contributed by atoms with Crippen LogP contribution in [0.2, 0.25) is 10.0 Å². The number of halogens is 4. The maximum atomic E-state index is 13.1. The Labute approximate surface area is 127 Å². The smallest absolute Gasteiger partial charge is 0.256 e. The number of nitrogens with one attached hydrogen (secondary N) is 1. The third-order valence-electron chi connectivity index (χ3n) is 2.35. The summed E-state index contributed by atoms with van der Waals surface area (Å²) in [4.78, 5) is 12.0. The van der Waals surface area contributed by atoms with Crippen molar-refractivity contribution >= 4 is 50.7 Å². The van der Waals surface area contributed by atoms with Crippen LogP contribution in [-0.2, 0) is 0 Å². The number of benzene rings is 2.